The number of aliphatic hydroxyl groups is 1. The van der Waals surface area contributed by atoms with Gasteiger partial charge in [0.25, 0.3) is 0 Å². The lowest BCUT2D eigenvalue weighted by molar-refractivity contribution is -0.128. The number of hydrogen-bond acceptors (Lipinski definition) is 2. The van der Waals surface area contributed by atoms with Crippen molar-refractivity contribution in [3.63, 3.8) is 0 Å². The van der Waals surface area contributed by atoms with Gasteiger partial charge in [-0.05, 0) is 49.7 Å². The first kappa shape index (κ1) is 20.0. The number of carbonyl (C=O) groups excluding carboxylic acids is 1. The number of aryl methyl sites for hydroxylation is 2. The number of aliphatic hydroxyl groups excluding tert-OH is 1. The van der Waals surface area contributed by atoms with Crippen molar-refractivity contribution in [2.75, 3.05) is 7.05 Å². The van der Waals surface area contributed by atoms with E-state index in [1.807, 2.05) is 48.5 Å². The molecule has 3 atom stereocenters. The Bertz CT molecular complexity index is 1100. The number of rotatable bonds is 3. The summed E-state index contributed by atoms with van der Waals surface area (Å²) in [6.45, 7) is 4.15. The molecule has 0 unspecified atom stereocenters. The van der Waals surface area contributed by atoms with Crippen LogP contribution in [0.5, 0.6) is 0 Å². The van der Waals surface area contributed by atoms with Gasteiger partial charge in [0.2, 0.25) is 5.91 Å². The molecule has 1 aromatic heterocycles. The first-order valence-electron chi connectivity index (χ1n) is 10.2. The maximum atomic E-state index is 12.4. The van der Waals surface area contributed by atoms with Gasteiger partial charge >= 0.3 is 0 Å². The van der Waals surface area contributed by atoms with Crippen LogP contribution in [0.4, 0.5) is 0 Å². The first-order chi connectivity index (χ1) is 14.5. The van der Waals surface area contributed by atoms with E-state index in [1.165, 1.54) is 0 Å². The zero-order valence-corrected chi connectivity index (χ0v) is 17.5. The monoisotopic (exact) mass is 398 g/mol. The van der Waals surface area contributed by atoms with Crippen LogP contribution in [0.1, 0.15) is 34.9 Å². The van der Waals surface area contributed by atoms with E-state index in [2.05, 4.69) is 48.5 Å². The molecular formula is C26H26N2O2. The summed E-state index contributed by atoms with van der Waals surface area (Å²) in [6.07, 6.45) is -0.531. The largest absolute Gasteiger partial charge is 0.378 e. The lowest BCUT2D eigenvalue weighted by atomic mass is 9.88. The van der Waals surface area contributed by atoms with Crippen LogP contribution in [0, 0.1) is 25.7 Å². The van der Waals surface area contributed by atoms with E-state index in [0.717, 1.165) is 28.2 Å². The zero-order valence-electron chi connectivity index (χ0n) is 17.5. The minimum atomic E-state index is -0.926. The molecule has 152 valence electrons. The molecule has 0 radical (unpaired) electrons. The van der Waals surface area contributed by atoms with E-state index < -0.39 is 6.10 Å². The summed E-state index contributed by atoms with van der Waals surface area (Å²) in [7, 11) is 1.75. The molecule has 0 spiro atoms. The number of hydrogen-bond donors (Lipinski definition) is 1. The van der Waals surface area contributed by atoms with Crippen LogP contribution in [0.15, 0.2) is 66.7 Å². The van der Waals surface area contributed by atoms with E-state index in [4.69, 9.17) is 0 Å². The highest BCUT2D eigenvalue weighted by atomic mass is 16.3. The SMILES string of the molecule is Cc1ccc(C)n1-c1cccc(C#C[C@@H](O)[C@H]2[C@@H](c3ccccc3)CC(=O)N2C)c1. The van der Waals surface area contributed by atoms with Crippen molar-refractivity contribution in [1.29, 1.82) is 0 Å². The van der Waals surface area contributed by atoms with Gasteiger partial charge < -0.3 is 14.6 Å². The summed E-state index contributed by atoms with van der Waals surface area (Å²) in [4.78, 5) is 14.0. The number of carbonyl (C=O) groups is 1. The van der Waals surface area contributed by atoms with Gasteiger partial charge in [-0.15, -0.1) is 0 Å². The number of aromatic nitrogens is 1. The average molecular weight is 399 g/mol. The van der Waals surface area contributed by atoms with Crippen molar-refractivity contribution in [3.05, 3.63) is 89.2 Å². The van der Waals surface area contributed by atoms with Crippen LogP contribution in [0.3, 0.4) is 0 Å². The average Bonchev–Trinajstić information content (AvgIpc) is 3.25. The molecule has 1 aliphatic rings. The highest BCUT2D eigenvalue weighted by molar-refractivity contribution is 5.80. The molecular weight excluding hydrogens is 372 g/mol. The molecule has 3 aromatic rings. The number of benzene rings is 2. The Hall–Kier alpha value is -3.29. The van der Waals surface area contributed by atoms with Crippen LogP contribution in [-0.2, 0) is 4.79 Å². The minimum absolute atomic E-state index is 0.0373. The summed E-state index contributed by atoms with van der Waals surface area (Å²) >= 11 is 0. The van der Waals surface area contributed by atoms with Gasteiger partial charge in [0.15, 0.2) is 0 Å². The van der Waals surface area contributed by atoms with Crippen LogP contribution in [0.2, 0.25) is 0 Å². The smallest absolute Gasteiger partial charge is 0.223 e. The van der Waals surface area contributed by atoms with Gasteiger partial charge in [0.05, 0.1) is 6.04 Å². The van der Waals surface area contributed by atoms with Gasteiger partial charge in [-0.2, -0.15) is 0 Å². The Kier molecular flexibility index (Phi) is 5.48. The second kappa shape index (κ2) is 8.22. The number of nitrogens with zero attached hydrogens (tertiary/aromatic N) is 2. The standard InChI is InChI=1S/C26H26N2O2/c1-18-12-13-19(2)28(18)22-11-7-8-20(16-22)14-15-24(29)26-23(17-25(30)27(26)3)21-9-5-4-6-10-21/h4-13,16,23-24,26,29H,17H2,1-3H3/t23-,24-,26-/m1/s1. The van der Waals surface area contributed by atoms with Gasteiger partial charge in [-0.25, -0.2) is 0 Å². The summed E-state index contributed by atoms with van der Waals surface area (Å²) in [5, 5.41) is 10.9. The van der Waals surface area contributed by atoms with Crippen molar-refractivity contribution >= 4 is 5.91 Å². The van der Waals surface area contributed by atoms with E-state index in [9.17, 15) is 9.90 Å². The molecule has 0 aliphatic carbocycles. The topological polar surface area (TPSA) is 45.5 Å². The maximum absolute atomic E-state index is 12.4. The fourth-order valence-corrected chi connectivity index (χ4v) is 4.38. The molecule has 1 aliphatic heterocycles. The molecule has 1 amide bonds. The van der Waals surface area contributed by atoms with E-state index in [0.29, 0.717) is 6.42 Å². The lowest BCUT2D eigenvalue weighted by Crippen LogP contribution is -2.40. The van der Waals surface area contributed by atoms with Crippen LogP contribution >= 0.6 is 0 Å². The Morgan fingerprint density at radius 2 is 1.70 bits per heavy atom. The summed E-state index contributed by atoms with van der Waals surface area (Å²) < 4.78 is 2.18. The minimum Gasteiger partial charge on any atom is -0.378 e. The molecule has 1 saturated heterocycles. The Morgan fingerprint density at radius 3 is 2.40 bits per heavy atom. The van der Waals surface area contributed by atoms with Gasteiger partial charge in [-0.1, -0.05) is 48.2 Å². The molecule has 4 rings (SSSR count). The molecule has 2 aromatic carbocycles. The molecule has 1 fully saturated rings. The second-order valence-corrected chi connectivity index (χ2v) is 7.93. The summed E-state index contributed by atoms with van der Waals surface area (Å²) in [6, 6.07) is 21.7. The highest BCUT2D eigenvalue weighted by Gasteiger charge is 2.41. The number of likely N-dealkylation sites (tertiary alicyclic amines) is 1. The maximum Gasteiger partial charge on any atom is 0.223 e. The van der Waals surface area contributed by atoms with Crippen LogP contribution in [0.25, 0.3) is 5.69 Å². The number of amides is 1. The molecule has 2 heterocycles. The molecule has 4 heteroatoms. The Labute approximate surface area is 177 Å². The molecule has 0 saturated carbocycles. The molecule has 30 heavy (non-hydrogen) atoms. The lowest BCUT2D eigenvalue weighted by Gasteiger charge is -2.27. The van der Waals surface area contributed by atoms with Crippen LogP contribution < -0.4 is 0 Å². The Balaban J connectivity index is 1.61. The van der Waals surface area contributed by atoms with E-state index >= 15 is 0 Å². The van der Waals surface area contributed by atoms with E-state index in [1.54, 1.807) is 11.9 Å². The normalized spacial score (nSPS) is 19.5. The van der Waals surface area contributed by atoms with Crippen molar-refractivity contribution in [3.8, 4) is 17.5 Å². The second-order valence-electron chi connectivity index (χ2n) is 7.93. The zero-order chi connectivity index (χ0) is 21.3. The first-order valence-corrected chi connectivity index (χ1v) is 10.2. The molecule has 0 bridgehead atoms. The fourth-order valence-electron chi connectivity index (χ4n) is 4.38. The molecule has 1 N–H and O–H groups in total. The quantitative estimate of drug-likeness (QED) is 0.682. The fraction of sp³-hybridized carbons (Fsp3) is 0.269. The predicted molar refractivity (Wildman–Crippen MR) is 118 cm³/mol. The van der Waals surface area contributed by atoms with Gasteiger partial charge in [0, 0.05) is 42.0 Å². The van der Waals surface area contributed by atoms with Crippen LogP contribution in [-0.4, -0.2) is 39.7 Å². The summed E-state index contributed by atoms with van der Waals surface area (Å²) in [5.41, 5.74) is 5.26. The third-order valence-corrected chi connectivity index (χ3v) is 5.94. The Morgan fingerprint density at radius 1 is 1.00 bits per heavy atom. The molecule has 4 nitrogen and oxygen atoms in total. The van der Waals surface area contributed by atoms with Crippen molar-refractivity contribution < 1.29 is 9.90 Å². The third-order valence-electron chi connectivity index (χ3n) is 5.94. The van der Waals surface area contributed by atoms with Crippen molar-refractivity contribution in [2.24, 2.45) is 0 Å². The highest BCUT2D eigenvalue weighted by Crippen LogP contribution is 2.35. The van der Waals surface area contributed by atoms with Gasteiger partial charge in [0.1, 0.15) is 6.10 Å². The van der Waals surface area contributed by atoms with Crippen molar-refractivity contribution in [1.82, 2.24) is 9.47 Å². The van der Waals surface area contributed by atoms with Gasteiger partial charge in [-0.3, -0.25) is 4.79 Å². The third kappa shape index (κ3) is 3.77. The number of likely N-dealkylation sites (N-methyl/N-ethyl adjacent to an activating group) is 1. The van der Waals surface area contributed by atoms with Crippen molar-refractivity contribution in [2.45, 2.75) is 38.3 Å². The van der Waals surface area contributed by atoms with E-state index in [-0.39, 0.29) is 17.9 Å². The summed E-state index contributed by atoms with van der Waals surface area (Å²) in [5.74, 6) is 6.09. The predicted octanol–water partition coefficient (Wildman–Crippen LogP) is 3.82.